The van der Waals surface area contributed by atoms with E-state index in [0.29, 0.717) is 28.7 Å². The van der Waals surface area contributed by atoms with Gasteiger partial charge in [0, 0.05) is 12.3 Å². The molecule has 0 atom stereocenters. The molecule has 26 heavy (non-hydrogen) atoms. The highest BCUT2D eigenvalue weighted by Gasteiger charge is 2.18. The number of thioether (sulfide) groups is 1. The number of para-hydroxylation sites is 1. The smallest absolute Gasteiger partial charge is 0.270 e. The molecule has 0 fully saturated rings. The van der Waals surface area contributed by atoms with Crippen LogP contribution in [0.25, 0.3) is 5.69 Å². The van der Waals surface area contributed by atoms with Gasteiger partial charge < -0.3 is 0 Å². The molecule has 134 valence electrons. The Morgan fingerprint density at radius 2 is 2.08 bits per heavy atom. The molecule has 1 aromatic carbocycles. The Kier molecular flexibility index (Phi) is 5.58. The molecular formula is C18H20N6OS. The second-order valence-corrected chi connectivity index (χ2v) is 6.81. The Bertz CT molecular complexity index is 980. The van der Waals surface area contributed by atoms with Crippen LogP contribution in [0.1, 0.15) is 36.7 Å². The zero-order valence-corrected chi connectivity index (χ0v) is 15.6. The summed E-state index contributed by atoms with van der Waals surface area (Å²) in [6, 6.07) is 12.0. The lowest BCUT2D eigenvalue weighted by Crippen LogP contribution is -2.17. The summed E-state index contributed by atoms with van der Waals surface area (Å²) >= 11 is 1.43. The molecule has 0 saturated carbocycles. The summed E-state index contributed by atoms with van der Waals surface area (Å²) in [4.78, 5) is 11.9. The van der Waals surface area contributed by atoms with E-state index in [1.54, 1.807) is 9.25 Å². The molecular weight excluding hydrogens is 348 g/mol. The second-order valence-electron chi connectivity index (χ2n) is 5.87. The molecule has 2 heterocycles. The van der Waals surface area contributed by atoms with Gasteiger partial charge in [-0.15, -0.1) is 5.10 Å². The number of aromatic amines is 1. The maximum atomic E-state index is 11.9. The quantitative estimate of drug-likeness (QED) is 0.647. The number of aromatic nitrogens is 5. The lowest BCUT2D eigenvalue weighted by molar-refractivity contribution is 0.573. The Morgan fingerprint density at radius 3 is 2.77 bits per heavy atom. The van der Waals surface area contributed by atoms with E-state index < -0.39 is 0 Å². The number of nitriles is 1. The first-order valence-electron chi connectivity index (χ1n) is 8.47. The molecule has 2 aromatic heterocycles. The van der Waals surface area contributed by atoms with Gasteiger partial charge in [-0.25, -0.2) is 14.6 Å². The Morgan fingerprint density at radius 1 is 1.31 bits per heavy atom. The first-order valence-corrected chi connectivity index (χ1v) is 9.46. The molecule has 3 aromatic rings. The lowest BCUT2D eigenvalue weighted by atomic mass is 10.2. The van der Waals surface area contributed by atoms with Crippen LogP contribution in [0.4, 0.5) is 0 Å². The van der Waals surface area contributed by atoms with Gasteiger partial charge in [-0.2, -0.15) is 10.4 Å². The molecule has 7 nitrogen and oxygen atoms in total. The Labute approximate surface area is 155 Å². The molecule has 3 rings (SSSR count). The maximum absolute atomic E-state index is 11.9. The molecule has 0 spiro atoms. The molecule has 0 radical (unpaired) electrons. The number of aryl methyl sites for hydroxylation is 1. The van der Waals surface area contributed by atoms with Crippen molar-refractivity contribution in [3.8, 4) is 11.8 Å². The number of hydrogen-bond donors (Lipinski definition) is 1. The van der Waals surface area contributed by atoms with Crippen LogP contribution in [-0.4, -0.2) is 24.5 Å². The number of rotatable bonds is 7. The Hall–Kier alpha value is -2.79. The summed E-state index contributed by atoms with van der Waals surface area (Å²) in [7, 11) is 0. The van der Waals surface area contributed by atoms with E-state index in [4.69, 9.17) is 0 Å². The third-order valence-electron chi connectivity index (χ3n) is 4.07. The lowest BCUT2D eigenvalue weighted by Gasteiger charge is -2.08. The monoisotopic (exact) mass is 368 g/mol. The summed E-state index contributed by atoms with van der Waals surface area (Å²) < 4.78 is 3.44. The van der Waals surface area contributed by atoms with Crippen molar-refractivity contribution in [3.63, 3.8) is 0 Å². The number of nitrogens with one attached hydrogen (secondary N) is 1. The van der Waals surface area contributed by atoms with Crippen LogP contribution in [0.2, 0.25) is 0 Å². The molecule has 8 heteroatoms. The van der Waals surface area contributed by atoms with Crippen molar-refractivity contribution in [2.24, 2.45) is 0 Å². The van der Waals surface area contributed by atoms with E-state index in [-0.39, 0.29) is 5.69 Å². The van der Waals surface area contributed by atoms with E-state index in [9.17, 15) is 10.1 Å². The number of H-pyrrole nitrogens is 1. The molecule has 0 amide bonds. The van der Waals surface area contributed by atoms with Gasteiger partial charge >= 0.3 is 5.69 Å². The number of unbranched alkanes of at least 4 members (excludes halogenated alkanes) is 1. The summed E-state index contributed by atoms with van der Waals surface area (Å²) in [5.41, 5.74) is 2.77. The highest BCUT2D eigenvalue weighted by atomic mass is 32.2. The normalized spacial score (nSPS) is 10.8. The van der Waals surface area contributed by atoms with Crippen LogP contribution in [0, 0.1) is 18.3 Å². The fourth-order valence-electron chi connectivity index (χ4n) is 2.70. The van der Waals surface area contributed by atoms with Crippen LogP contribution < -0.4 is 5.69 Å². The summed E-state index contributed by atoms with van der Waals surface area (Å²) in [6.07, 6.45) is 1.91. The maximum Gasteiger partial charge on any atom is 0.343 e. The van der Waals surface area contributed by atoms with Gasteiger partial charge in [0.05, 0.1) is 22.6 Å². The molecule has 0 unspecified atom stereocenters. The highest BCUT2D eigenvalue weighted by molar-refractivity contribution is 7.98. The van der Waals surface area contributed by atoms with E-state index in [2.05, 4.69) is 28.3 Å². The van der Waals surface area contributed by atoms with Crippen molar-refractivity contribution in [2.45, 2.75) is 44.1 Å². The van der Waals surface area contributed by atoms with Crippen molar-refractivity contribution < 1.29 is 0 Å². The van der Waals surface area contributed by atoms with E-state index >= 15 is 0 Å². The number of nitrogens with zero attached hydrogens (tertiary/aromatic N) is 5. The number of hydrogen-bond acceptors (Lipinski definition) is 5. The fourth-order valence-corrected chi connectivity index (χ4v) is 3.67. The first kappa shape index (κ1) is 18.0. The zero-order chi connectivity index (χ0) is 18.5. The second kappa shape index (κ2) is 8.06. The molecule has 1 N–H and O–H groups in total. The van der Waals surface area contributed by atoms with Crippen molar-refractivity contribution in [1.29, 1.82) is 5.26 Å². The van der Waals surface area contributed by atoms with E-state index in [0.717, 1.165) is 24.2 Å². The minimum atomic E-state index is -0.200. The van der Waals surface area contributed by atoms with Crippen LogP contribution in [-0.2, 0) is 12.3 Å². The van der Waals surface area contributed by atoms with Gasteiger partial charge in [-0.1, -0.05) is 43.3 Å². The van der Waals surface area contributed by atoms with Crippen molar-refractivity contribution in [1.82, 2.24) is 24.5 Å². The SMILES string of the molecule is CCCCn1c(SCc2c(C#N)c(C)nn2-c2ccccc2)n[nH]c1=O. The third kappa shape index (κ3) is 3.58. The topological polar surface area (TPSA) is 92.3 Å². The molecule has 0 aliphatic carbocycles. The van der Waals surface area contributed by atoms with Gasteiger partial charge in [0.1, 0.15) is 6.07 Å². The fraction of sp³-hybridized carbons (Fsp3) is 0.333. The minimum absolute atomic E-state index is 0.200. The highest BCUT2D eigenvalue weighted by Crippen LogP contribution is 2.26. The summed E-state index contributed by atoms with van der Waals surface area (Å²) in [5.74, 6) is 0.495. The van der Waals surface area contributed by atoms with Crippen LogP contribution in [0.3, 0.4) is 0 Å². The van der Waals surface area contributed by atoms with Gasteiger partial charge in [0.15, 0.2) is 5.16 Å². The zero-order valence-electron chi connectivity index (χ0n) is 14.8. The average molecular weight is 368 g/mol. The van der Waals surface area contributed by atoms with Crippen LogP contribution >= 0.6 is 11.8 Å². The summed E-state index contributed by atoms with van der Waals surface area (Å²) in [5, 5.41) is 21.3. The largest absolute Gasteiger partial charge is 0.343 e. The van der Waals surface area contributed by atoms with Crippen LogP contribution in [0.5, 0.6) is 0 Å². The number of benzene rings is 1. The first-order chi connectivity index (χ1) is 12.7. The molecule has 0 saturated heterocycles. The van der Waals surface area contributed by atoms with E-state index in [1.807, 2.05) is 37.3 Å². The predicted molar refractivity (Wildman–Crippen MR) is 100 cm³/mol. The van der Waals surface area contributed by atoms with Gasteiger partial charge in [0.25, 0.3) is 0 Å². The van der Waals surface area contributed by atoms with Crippen molar-refractivity contribution in [3.05, 3.63) is 57.8 Å². The van der Waals surface area contributed by atoms with Crippen molar-refractivity contribution in [2.75, 3.05) is 0 Å². The van der Waals surface area contributed by atoms with E-state index in [1.165, 1.54) is 11.8 Å². The van der Waals surface area contributed by atoms with Crippen LogP contribution in [0.15, 0.2) is 40.3 Å². The molecule has 0 aliphatic rings. The van der Waals surface area contributed by atoms with Crippen molar-refractivity contribution >= 4 is 11.8 Å². The Balaban J connectivity index is 1.91. The minimum Gasteiger partial charge on any atom is -0.270 e. The standard InChI is InChI=1S/C18H20N6OS/c1-3-4-10-23-17(25)20-21-18(23)26-12-16-15(11-19)13(2)22-24(16)14-8-6-5-7-9-14/h5-9H,3-4,10,12H2,1-2H3,(H,20,25). The summed E-state index contributed by atoms with van der Waals surface area (Å²) in [6.45, 7) is 4.55. The van der Waals surface area contributed by atoms with Gasteiger partial charge in [-0.05, 0) is 25.5 Å². The molecule has 0 bridgehead atoms. The van der Waals surface area contributed by atoms with Gasteiger partial charge in [0.2, 0.25) is 0 Å². The average Bonchev–Trinajstić information content (AvgIpc) is 3.18. The van der Waals surface area contributed by atoms with Gasteiger partial charge in [-0.3, -0.25) is 4.57 Å². The molecule has 0 aliphatic heterocycles. The third-order valence-corrected chi connectivity index (χ3v) is 5.05. The predicted octanol–water partition coefficient (Wildman–Crippen LogP) is 3.03.